The summed E-state index contributed by atoms with van der Waals surface area (Å²) in [6.45, 7) is 1.99. The van der Waals surface area contributed by atoms with Gasteiger partial charge in [0.05, 0.1) is 11.3 Å². The molecule has 0 unspecified atom stereocenters. The summed E-state index contributed by atoms with van der Waals surface area (Å²) in [6, 6.07) is 15.0. The van der Waals surface area contributed by atoms with Crippen molar-refractivity contribution < 1.29 is 4.52 Å². The number of para-hydroxylation sites is 1. The maximum absolute atomic E-state index is 5.71. The molecule has 1 aromatic heterocycles. The summed E-state index contributed by atoms with van der Waals surface area (Å²) in [4.78, 5) is 12.4. The van der Waals surface area contributed by atoms with Gasteiger partial charge in [-0.25, -0.2) is 4.99 Å². The zero-order valence-corrected chi connectivity index (χ0v) is 13.5. The molecule has 0 fully saturated rings. The van der Waals surface area contributed by atoms with Crippen LogP contribution in [-0.2, 0) is 0 Å². The van der Waals surface area contributed by atoms with Gasteiger partial charge in [-0.15, -0.1) is 0 Å². The molecule has 0 saturated carbocycles. The molecule has 0 spiro atoms. The van der Waals surface area contributed by atoms with E-state index in [0.29, 0.717) is 23.0 Å². The van der Waals surface area contributed by atoms with Gasteiger partial charge in [-0.2, -0.15) is 9.98 Å². The van der Waals surface area contributed by atoms with Crippen molar-refractivity contribution in [2.24, 2.45) is 27.2 Å². The van der Waals surface area contributed by atoms with Crippen LogP contribution in [0, 0.1) is 6.92 Å². The number of rotatable bonds is 3. The fourth-order valence-corrected chi connectivity index (χ4v) is 2.30. The minimum atomic E-state index is -0.168. The van der Waals surface area contributed by atoms with Gasteiger partial charge in [-0.3, -0.25) is 0 Å². The van der Waals surface area contributed by atoms with Crippen molar-refractivity contribution in [2.75, 3.05) is 0 Å². The number of aryl methyl sites for hydroxylation is 1. The molecule has 0 amide bonds. The molecule has 0 aliphatic heterocycles. The topological polar surface area (TPSA) is 142 Å². The van der Waals surface area contributed by atoms with Crippen LogP contribution >= 0.6 is 0 Å². The van der Waals surface area contributed by atoms with Gasteiger partial charge >= 0.3 is 0 Å². The van der Waals surface area contributed by atoms with Crippen molar-refractivity contribution in [1.29, 1.82) is 0 Å². The average molecular weight is 335 g/mol. The molecule has 2 aromatic carbocycles. The van der Waals surface area contributed by atoms with Crippen LogP contribution in [0.4, 0.5) is 5.69 Å². The van der Waals surface area contributed by atoms with Crippen molar-refractivity contribution in [1.82, 2.24) is 10.1 Å². The van der Waals surface area contributed by atoms with E-state index >= 15 is 0 Å². The van der Waals surface area contributed by atoms with E-state index in [1.54, 1.807) is 12.1 Å². The molecule has 8 nitrogen and oxygen atoms in total. The van der Waals surface area contributed by atoms with Gasteiger partial charge in [0.1, 0.15) is 0 Å². The summed E-state index contributed by atoms with van der Waals surface area (Å²) in [6.07, 6.45) is 0. The van der Waals surface area contributed by atoms with Gasteiger partial charge in [0, 0.05) is 5.56 Å². The van der Waals surface area contributed by atoms with Crippen molar-refractivity contribution in [2.45, 2.75) is 6.92 Å². The number of nitrogens with two attached hydrogens (primary N) is 3. The third-order valence-corrected chi connectivity index (χ3v) is 3.43. The minimum Gasteiger partial charge on any atom is -0.370 e. The second-order valence-electron chi connectivity index (χ2n) is 5.26. The van der Waals surface area contributed by atoms with Gasteiger partial charge < -0.3 is 21.7 Å². The molecule has 0 saturated heterocycles. The van der Waals surface area contributed by atoms with E-state index in [4.69, 9.17) is 21.7 Å². The zero-order chi connectivity index (χ0) is 17.8. The minimum absolute atomic E-state index is 0.0638. The second kappa shape index (κ2) is 6.83. The number of hydrogen-bond donors (Lipinski definition) is 3. The quantitative estimate of drug-likeness (QED) is 0.493. The SMILES string of the molecule is Cc1ccccc1-c1noc(-c2ccccc2N=C(N)N=C(N)N)n1. The summed E-state index contributed by atoms with van der Waals surface area (Å²) in [5.74, 6) is 0.601. The molecule has 0 aliphatic rings. The van der Waals surface area contributed by atoms with Crippen molar-refractivity contribution in [3.05, 3.63) is 54.1 Å². The molecular weight excluding hydrogens is 318 g/mol. The molecule has 3 rings (SSSR count). The molecule has 3 aromatic rings. The van der Waals surface area contributed by atoms with Gasteiger partial charge in [0.2, 0.25) is 11.8 Å². The molecule has 0 aliphatic carbocycles. The number of aromatic nitrogens is 2. The molecule has 1 heterocycles. The standard InChI is InChI=1S/C17H17N7O/c1-10-6-2-3-7-11(10)14-22-15(25-24-14)12-8-4-5-9-13(12)21-17(20)23-16(18)19/h2-9H,1H3,(H6,18,19,20,21,23). The van der Waals surface area contributed by atoms with E-state index in [-0.39, 0.29) is 11.9 Å². The third-order valence-electron chi connectivity index (χ3n) is 3.43. The van der Waals surface area contributed by atoms with E-state index in [1.165, 1.54) is 0 Å². The molecule has 25 heavy (non-hydrogen) atoms. The van der Waals surface area contributed by atoms with Crippen LogP contribution in [-0.4, -0.2) is 22.1 Å². The smallest absolute Gasteiger partial charge is 0.260 e. The number of aliphatic imine (C=N–C) groups is 2. The van der Waals surface area contributed by atoms with E-state index in [1.807, 2.05) is 43.3 Å². The zero-order valence-electron chi connectivity index (χ0n) is 13.5. The fourth-order valence-electron chi connectivity index (χ4n) is 2.30. The summed E-state index contributed by atoms with van der Waals surface area (Å²) in [7, 11) is 0. The molecule has 0 atom stereocenters. The molecule has 126 valence electrons. The Morgan fingerprint density at radius 3 is 2.36 bits per heavy atom. The number of nitrogens with zero attached hydrogens (tertiary/aromatic N) is 4. The lowest BCUT2D eigenvalue weighted by molar-refractivity contribution is 0.432. The van der Waals surface area contributed by atoms with E-state index in [9.17, 15) is 0 Å². The molecule has 0 radical (unpaired) electrons. The lowest BCUT2D eigenvalue weighted by atomic mass is 10.1. The first-order valence-corrected chi connectivity index (χ1v) is 7.47. The van der Waals surface area contributed by atoms with Crippen LogP contribution in [0.15, 0.2) is 63.0 Å². The van der Waals surface area contributed by atoms with Crippen LogP contribution in [0.2, 0.25) is 0 Å². The average Bonchev–Trinajstić information content (AvgIpc) is 3.04. The molecule has 6 N–H and O–H groups in total. The maximum Gasteiger partial charge on any atom is 0.260 e. The summed E-state index contributed by atoms with van der Waals surface area (Å²) in [5, 5.41) is 4.06. The Morgan fingerprint density at radius 1 is 0.960 bits per heavy atom. The van der Waals surface area contributed by atoms with E-state index < -0.39 is 0 Å². The van der Waals surface area contributed by atoms with Crippen LogP contribution < -0.4 is 17.2 Å². The predicted octanol–water partition coefficient (Wildman–Crippen LogP) is 1.93. The van der Waals surface area contributed by atoms with Gasteiger partial charge in [0.15, 0.2) is 5.96 Å². The fraction of sp³-hybridized carbons (Fsp3) is 0.0588. The third kappa shape index (κ3) is 3.63. The Morgan fingerprint density at radius 2 is 1.64 bits per heavy atom. The summed E-state index contributed by atoms with van der Waals surface area (Å²) >= 11 is 0. The Kier molecular flexibility index (Phi) is 4.42. The first-order chi connectivity index (χ1) is 12.0. The highest BCUT2D eigenvalue weighted by Crippen LogP contribution is 2.31. The van der Waals surface area contributed by atoms with Crippen molar-refractivity contribution in [3.63, 3.8) is 0 Å². The number of benzene rings is 2. The van der Waals surface area contributed by atoms with Gasteiger partial charge in [0.25, 0.3) is 5.89 Å². The highest BCUT2D eigenvalue weighted by molar-refractivity contribution is 5.94. The molecular formula is C17H17N7O. The molecule has 8 heteroatoms. The Hall–Kier alpha value is -3.68. The van der Waals surface area contributed by atoms with Crippen LogP contribution in [0.25, 0.3) is 22.8 Å². The predicted molar refractivity (Wildman–Crippen MR) is 97.0 cm³/mol. The largest absolute Gasteiger partial charge is 0.370 e. The number of guanidine groups is 2. The Bertz CT molecular complexity index is 955. The second-order valence-corrected chi connectivity index (χ2v) is 5.26. The van der Waals surface area contributed by atoms with Crippen LogP contribution in [0.3, 0.4) is 0 Å². The van der Waals surface area contributed by atoms with Gasteiger partial charge in [-0.05, 0) is 24.6 Å². The summed E-state index contributed by atoms with van der Waals surface area (Å²) < 4.78 is 5.41. The molecule has 0 bridgehead atoms. The maximum atomic E-state index is 5.71. The van der Waals surface area contributed by atoms with Gasteiger partial charge in [-0.1, -0.05) is 41.6 Å². The monoisotopic (exact) mass is 335 g/mol. The Balaban J connectivity index is 2.02. The first kappa shape index (κ1) is 16.2. The lowest BCUT2D eigenvalue weighted by Gasteiger charge is -2.01. The van der Waals surface area contributed by atoms with Crippen molar-refractivity contribution in [3.8, 4) is 22.8 Å². The highest BCUT2D eigenvalue weighted by Gasteiger charge is 2.15. The highest BCUT2D eigenvalue weighted by atomic mass is 16.5. The number of hydrogen-bond acceptors (Lipinski definition) is 4. The van der Waals surface area contributed by atoms with Crippen LogP contribution in [0.5, 0.6) is 0 Å². The van der Waals surface area contributed by atoms with Crippen LogP contribution in [0.1, 0.15) is 5.56 Å². The van der Waals surface area contributed by atoms with E-state index in [0.717, 1.165) is 11.1 Å². The first-order valence-electron chi connectivity index (χ1n) is 7.47. The summed E-state index contributed by atoms with van der Waals surface area (Å²) in [5.41, 5.74) is 19.4. The Labute approximate surface area is 144 Å². The van der Waals surface area contributed by atoms with Crippen molar-refractivity contribution >= 4 is 17.6 Å². The van der Waals surface area contributed by atoms with E-state index in [2.05, 4.69) is 20.1 Å². The normalized spacial score (nSPS) is 11.3. The lowest BCUT2D eigenvalue weighted by Crippen LogP contribution is -2.26.